The van der Waals surface area contributed by atoms with Crippen LogP contribution in [0.25, 0.3) is 0 Å². The van der Waals surface area contributed by atoms with Gasteiger partial charge in [0, 0.05) is 10.9 Å². The average molecular weight is 293 g/mol. The van der Waals surface area contributed by atoms with Crippen LogP contribution in [0.4, 0.5) is 0 Å². The Balaban J connectivity index is 1.86. The summed E-state index contributed by atoms with van der Waals surface area (Å²) in [6, 6.07) is 8.09. The van der Waals surface area contributed by atoms with E-state index in [1.807, 2.05) is 31.2 Å². The second-order valence-corrected chi connectivity index (χ2v) is 6.82. The highest BCUT2D eigenvalue weighted by Gasteiger charge is 2.20. The van der Waals surface area contributed by atoms with Crippen molar-refractivity contribution in [3.05, 3.63) is 29.8 Å². The Morgan fingerprint density at radius 1 is 1.40 bits per heavy atom. The zero-order valence-corrected chi connectivity index (χ0v) is 12.8. The van der Waals surface area contributed by atoms with E-state index in [0.717, 1.165) is 23.3 Å². The molecule has 0 radical (unpaired) electrons. The molecule has 1 aromatic carbocycles. The molecule has 0 saturated heterocycles. The molecule has 1 fully saturated rings. The number of carbonyl (C=O) groups excluding carboxylic acids is 1. The van der Waals surface area contributed by atoms with E-state index in [1.54, 1.807) is 11.8 Å². The lowest BCUT2D eigenvalue weighted by atomic mass is 9.95. The topological polar surface area (TPSA) is 49.3 Å². The Bertz CT molecular complexity index is 444. The average Bonchev–Trinajstić information content (AvgIpc) is 2.48. The fraction of sp³-hybridized carbons (Fsp3) is 0.562. The van der Waals surface area contributed by atoms with Crippen LogP contribution in [-0.4, -0.2) is 22.3 Å². The molecule has 1 aliphatic rings. The molecule has 20 heavy (non-hydrogen) atoms. The van der Waals surface area contributed by atoms with Crippen LogP contribution in [0.5, 0.6) is 0 Å². The van der Waals surface area contributed by atoms with Crippen molar-refractivity contribution in [1.29, 1.82) is 0 Å². The third-order valence-corrected chi connectivity index (χ3v) is 4.81. The predicted molar refractivity (Wildman–Crippen MR) is 82.7 cm³/mol. The second kappa shape index (κ2) is 7.70. The first-order valence-electron chi connectivity index (χ1n) is 7.36. The van der Waals surface area contributed by atoms with Crippen molar-refractivity contribution < 1.29 is 9.90 Å². The summed E-state index contributed by atoms with van der Waals surface area (Å²) in [6.07, 6.45) is 5.98. The number of amides is 1. The van der Waals surface area contributed by atoms with Gasteiger partial charge in [0.25, 0.3) is 0 Å². The van der Waals surface area contributed by atoms with E-state index >= 15 is 0 Å². The molecule has 2 rings (SSSR count). The van der Waals surface area contributed by atoms with Gasteiger partial charge in [0.1, 0.15) is 0 Å². The van der Waals surface area contributed by atoms with E-state index in [2.05, 4.69) is 5.32 Å². The van der Waals surface area contributed by atoms with E-state index in [-0.39, 0.29) is 17.8 Å². The van der Waals surface area contributed by atoms with Crippen molar-refractivity contribution >= 4 is 17.7 Å². The van der Waals surface area contributed by atoms with Crippen LogP contribution in [0.2, 0.25) is 0 Å². The molecule has 1 unspecified atom stereocenters. The molecule has 1 atom stereocenters. The zero-order valence-electron chi connectivity index (χ0n) is 12.0. The number of hydrogen-bond donors (Lipinski definition) is 2. The van der Waals surface area contributed by atoms with Crippen LogP contribution >= 0.6 is 11.8 Å². The Morgan fingerprint density at radius 2 is 2.15 bits per heavy atom. The molecule has 1 aromatic rings. The van der Waals surface area contributed by atoms with Gasteiger partial charge in [0.05, 0.1) is 11.9 Å². The SMILES string of the molecule is CC(Sc1cccc(CO)c1)C(=O)NC1CCCCC1. The number of nitrogens with one attached hydrogen (secondary N) is 1. The van der Waals surface area contributed by atoms with E-state index in [0.29, 0.717) is 6.04 Å². The monoisotopic (exact) mass is 293 g/mol. The molecule has 110 valence electrons. The van der Waals surface area contributed by atoms with Gasteiger partial charge in [-0.1, -0.05) is 31.4 Å². The van der Waals surface area contributed by atoms with Gasteiger partial charge in [-0.25, -0.2) is 0 Å². The Labute approximate surface area is 125 Å². The molecule has 3 nitrogen and oxygen atoms in total. The van der Waals surface area contributed by atoms with Crippen molar-refractivity contribution in [2.45, 2.75) is 61.8 Å². The summed E-state index contributed by atoms with van der Waals surface area (Å²) >= 11 is 1.55. The number of aliphatic hydroxyl groups excluding tert-OH is 1. The first-order valence-corrected chi connectivity index (χ1v) is 8.24. The largest absolute Gasteiger partial charge is 0.392 e. The van der Waals surface area contributed by atoms with Gasteiger partial charge in [-0.15, -0.1) is 11.8 Å². The number of aliphatic hydroxyl groups is 1. The molecule has 2 N–H and O–H groups in total. The maximum absolute atomic E-state index is 12.2. The Hall–Kier alpha value is -1.00. The minimum Gasteiger partial charge on any atom is -0.392 e. The first kappa shape index (κ1) is 15.4. The fourth-order valence-electron chi connectivity index (χ4n) is 2.54. The van der Waals surface area contributed by atoms with Crippen molar-refractivity contribution in [2.75, 3.05) is 0 Å². The van der Waals surface area contributed by atoms with Crippen LogP contribution in [0.15, 0.2) is 29.2 Å². The van der Waals surface area contributed by atoms with Crippen molar-refractivity contribution in [3.63, 3.8) is 0 Å². The quantitative estimate of drug-likeness (QED) is 0.820. The van der Waals surface area contributed by atoms with Gasteiger partial charge in [-0.05, 0) is 37.5 Å². The number of hydrogen-bond acceptors (Lipinski definition) is 3. The third kappa shape index (κ3) is 4.53. The summed E-state index contributed by atoms with van der Waals surface area (Å²) in [7, 11) is 0. The van der Waals surface area contributed by atoms with Gasteiger partial charge >= 0.3 is 0 Å². The van der Waals surface area contributed by atoms with Gasteiger partial charge < -0.3 is 10.4 Å². The molecule has 0 aromatic heterocycles. The van der Waals surface area contributed by atoms with Crippen LogP contribution in [0, 0.1) is 0 Å². The van der Waals surface area contributed by atoms with Crippen LogP contribution in [-0.2, 0) is 11.4 Å². The molecule has 1 saturated carbocycles. The molecule has 1 aliphatic carbocycles. The summed E-state index contributed by atoms with van der Waals surface area (Å²) < 4.78 is 0. The highest BCUT2D eigenvalue weighted by molar-refractivity contribution is 8.00. The molecular weight excluding hydrogens is 270 g/mol. The highest BCUT2D eigenvalue weighted by Crippen LogP contribution is 2.25. The number of thioether (sulfide) groups is 1. The Morgan fingerprint density at radius 3 is 2.85 bits per heavy atom. The van der Waals surface area contributed by atoms with Gasteiger partial charge in [-0.3, -0.25) is 4.79 Å². The molecule has 0 spiro atoms. The fourth-order valence-corrected chi connectivity index (χ4v) is 3.50. The predicted octanol–water partition coefficient (Wildman–Crippen LogP) is 3.11. The summed E-state index contributed by atoms with van der Waals surface area (Å²) in [5, 5.41) is 12.2. The molecule has 0 bridgehead atoms. The van der Waals surface area contributed by atoms with Crippen molar-refractivity contribution in [2.24, 2.45) is 0 Å². The van der Waals surface area contributed by atoms with Gasteiger partial charge in [-0.2, -0.15) is 0 Å². The van der Waals surface area contributed by atoms with Crippen molar-refractivity contribution in [1.82, 2.24) is 5.32 Å². The lowest BCUT2D eigenvalue weighted by Gasteiger charge is -2.24. The van der Waals surface area contributed by atoms with E-state index in [9.17, 15) is 4.79 Å². The molecule has 0 aliphatic heterocycles. The lowest BCUT2D eigenvalue weighted by molar-refractivity contribution is -0.121. The zero-order chi connectivity index (χ0) is 14.4. The van der Waals surface area contributed by atoms with Crippen molar-refractivity contribution in [3.8, 4) is 0 Å². The van der Waals surface area contributed by atoms with Crippen LogP contribution in [0.3, 0.4) is 0 Å². The summed E-state index contributed by atoms with van der Waals surface area (Å²) in [5.74, 6) is 0.122. The van der Waals surface area contributed by atoms with Gasteiger partial charge in [0.15, 0.2) is 0 Å². The standard InChI is InChI=1S/C16H23NO2S/c1-12(16(19)17-14-7-3-2-4-8-14)20-15-9-5-6-13(10-15)11-18/h5-6,9-10,12,14,18H,2-4,7-8,11H2,1H3,(H,17,19). The lowest BCUT2D eigenvalue weighted by Crippen LogP contribution is -2.40. The minimum atomic E-state index is -0.106. The summed E-state index contributed by atoms with van der Waals surface area (Å²) in [4.78, 5) is 13.2. The summed E-state index contributed by atoms with van der Waals surface area (Å²) in [6.45, 7) is 1.98. The number of benzene rings is 1. The number of rotatable bonds is 5. The summed E-state index contributed by atoms with van der Waals surface area (Å²) in [5.41, 5.74) is 0.884. The van der Waals surface area contributed by atoms with Crippen LogP contribution in [0.1, 0.15) is 44.6 Å². The van der Waals surface area contributed by atoms with E-state index in [4.69, 9.17) is 5.11 Å². The minimum absolute atomic E-state index is 0.0387. The Kier molecular flexibility index (Phi) is 5.92. The van der Waals surface area contributed by atoms with E-state index in [1.165, 1.54) is 19.3 Å². The third-order valence-electron chi connectivity index (χ3n) is 3.71. The van der Waals surface area contributed by atoms with E-state index < -0.39 is 0 Å². The first-order chi connectivity index (χ1) is 9.69. The molecule has 1 amide bonds. The molecule has 0 heterocycles. The highest BCUT2D eigenvalue weighted by atomic mass is 32.2. The number of carbonyl (C=O) groups is 1. The molecule has 4 heteroatoms. The second-order valence-electron chi connectivity index (χ2n) is 5.41. The maximum atomic E-state index is 12.2. The normalized spacial score (nSPS) is 17.7. The maximum Gasteiger partial charge on any atom is 0.233 e. The molecular formula is C16H23NO2S. The van der Waals surface area contributed by atoms with Gasteiger partial charge in [0.2, 0.25) is 5.91 Å². The van der Waals surface area contributed by atoms with Crippen LogP contribution < -0.4 is 5.32 Å². The smallest absolute Gasteiger partial charge is 0.233 e.